The molecule has 0 bridgehead atoms. The molecule has 0 N–H and O–H groups in total. The number of carbonyl (C=O) groups is 1. The Morgan fingerprint density at radius 2 is 1.83 bits per heavy atom. The number of rotatable bonds is 8. The Kier molecular flexibility index (Phi) is 7.46. The first kappa shape index (κ1) is 25.8. The Morgan fingerprint density at radius 3 is 2.47 bits per heavy atom. The molecule has 0 spiro atoms. The van der Waals surface area contributed by atoms with Crippen LogP contribution in [0.1, 0.15) is 64.0 Å². The molecular formula is C30H35FN2O3. The Balaban J connectivity index is 1.72. The number of fused-ring (bicyclic) bond motifs is 1. The predicted molar refractivity (Wildman–Crippen MR) is 139 cm³/mol. The maximum Gasteiger partial charge on any atom is 0.311 e. The third kappa shape index (κ3) is 5.59. The lowest BCUT2D eigenvalue weighted by atomic mass is 9.69. The SMILES string of the molecule is CCOC(C[C@@]1(C)Cc2cnn(-c3ccc(F)cc3)c2C=C1COC(=O)C(C)(C)C)c1ccccc1. The van der Waals surface area contributed by atoms with E-state index in [1.54, 1.807) is 12.1 Å². The van der Waals surface area contributed by atoms with Crippen LogP contribution in [0.3, 0.4) is 0 Å². The highest BCUT2D eigenvalue weighted by Gasteiger charge is 2.39. The number of hydrogen-bond acceptors (Lipinski definition) is 4. The van der Waals surface area contributed by atoms with E-state index in [1.807, 2.05) is 56.8 Å². The number of ether oxygens (including phenoxy) is 2. The van der Waals surface area contributed by atoms with Gasteiger partial charge in [-0.05, 0) is 93.0 Å². The standard InChI is InChI=1S/C30H35FN2O3/c1-6-35-27(21-10-8-7-9-11-21)18-30(5)17-22-19-32-33(25-14-12-24(31)13-15-25)26(22)16-23(30)20-36-28(34)29(2,3)4/h7-16,19,27H,6,17-18,20H2,1-5H3/t27?,30-/m1/s1. The minimum Gasteiger partial charge on any atom is -0.461 e. The molecule has 36 heavy (non-hydrogen) atoms. The summed E-state index contributed by atoms with van der Waals surface area (Å²) in [5, 5.41) is 4.62. The van der Waals surface area contributed by atoms with E-state index in [0.29, 0.717) is 6.61 Å². The van der Waals surface area contributed by atoms with Gasteiger partial charge in [0.05, 0.1) is 29.1 Å². The van der Waals surface area contributed by atoms with Crippen LogP contribution in [-0.4, -0.2) is 29.0 Å². The third-order valence-electron chi connectivity index (χ3n) is 6.77. The highest BCUT2D eigenvalue weighted by atomic mass is 19.1. The molecule has 0 aliphatic heterocycles. The van der Waals surface area contributed by atoms with Crippen molar-refractivity contribution in [3.8, 4) is 5.69 Å². The van der Waals surface area contributed by atoms with Gasteiger partial charge in [-0.1, -0.05) is 37.3 Å². The van der Waals surface area contributed by atoms with Crippen LogP contribution < -0.4 is 0 Å². The molecule has 0 fully saturated rings. The molecule has 1 unspecified atom stereocenters. The summed E-state index contributed by atoms with van der Waals surface area (Å²) in [5.41, 5.74) is 4.02. The van der Waals surface area contributed by atoms with Crippen molar-refractivity contribution in [2.24, 2.45) is 10.8 Å². The van der Waals surface area contributed by atoms with Crippen LogP contribution in [-0.2, 0) is 20.7 Å². The van der Waals surface area contributed by atoms with Gasteiger partial charge < -0.3 is 9.47 Å². The van der Waals surface area contributed by atoms with Gasteiger partial charge in [0.15, 0.2) is 0 Å². The van der Waals surface area contributed by atoms with Crippen molar-refractivity contribution in [3.63, 3.8) is 0 Å². The van der Waals surface area contributed by atoms with Crippen LogP contribution in [0.5, 0.6) is 0 Å². The second-order valence-electron chi connectivity index (χ2n) is 10.7. The molecule has 6 heteroatoms. The quantitative estimate of drug-likeness (QED) is 0.329. The van der Waals surface area contributed by atoms with Crippen molar-refractivity contribution >= 4 is 12.0 Å². The van der Waals surface area contributed by atoms with Crippen molar-refractivity contribution < 1.29 is 18.7 Å². The van der Waals surface area contributed by atoms with E-state index in [2.05, 4.69) is 30.2 Å². The summed E-state index contributed by atoms with van der Waals surface area (Å²) in [5.74, 6) is -0.534. The molecule has 190 valence electrons. The summed E-state index contributed by atoms with van der Waals surface area (Å²) < 4.78 is 27.4. The molecular weight excluding hydrogens is 455 g/mol. The van der Waals surface area contributed by atoms with Crippen LogP contribution >= 0.6 is 0 Å². The molecule has 2 atom stereocenters. The number of carbonyl (C=O) groups excluding carboxylic acids is 1. The van der Waals surface area contributed by atoms with Gasteiger partial charge in [-0.25, -0.2) is 9.07 Å². The summed E-state index contributed by atoms with van der Waals surface area (Å²) >= 11 is 0. The molecule has 1 aliphatic carbocycles. The molecule has 0 amide bonds. The Bertz CT molecular complexity index is 1230. The number of benzene rings is 2. The number of aromatic nitrogens is 2. The Hall–Kier alpha value is -3.25. The van der Waals surface area contributed by atoms with Gasteiger partial charge in [-0.15, -0.1) is 0 Å². The average molecular weight is 491 g/mol. The van der Waals surface area contributed by atoms with E-state index in [4.69, 9.17) is 9.47 Å². The zero-order chi connectivity index (χ0) is 25.9. The monoisotopic (exact) mass is 490 g/mol. The number of esters is 1. The molecule has 3 aromatic rings. The Labute approximate surface area is 212 Å². The molecule has 5 nitrogen and oxygen atoms in total. The summed E-state index contributed by atoms with van der Waals surface area (Å²) in [6.07, 6.45) is 5.31. The smallest absolute Gasteiger partial charge is 0.311 e. The normalized spacial score (nSPS) is 18.3. The zero-order valence-corrected chi connectivity index (χ0v) is 21.8. The predicted octanol–water partition coefficient (Wildman–Crippen LogP) is 6.71. The fraction of sp³-hybridized carbons (Fsp3) is 0.400. The van der Waals surface area contributed by atoms with E-state index < -0.39 is 5.41 Å². The molecule has 0 radical (unpaired) electrons. The summed E-state index contributed by atoms with van der Waals surface area (Å²) in [6.45, 7) is 10.6. The van der Waals surface area contributed by atoms with Crippen molar-refractivity contribution in [3.05, 3.63) is 89.0 Å². The van der Waals surface area contributed by atoms with E-state index in [0.717, 1.165) is 40.9 Å². The highest BCUT2D eigenvalue weighted by molar-refractivity contribution is 5.75. The minimum atomic E-state index is -0.593. The lowest BCUT2D eigenvalue weighted by molar-refractivity contribution is -0.152. The van der Waals surface area contributed by atoms with Crippen molar-refractivity contribution in [1.82, 2.24) is 9.78 Å². The first-order chi connectivity index (χ1) is 17.1. The fourth-order valence-electron chi connectivity index (χ4n) is 4.67. The number of nitrogens with zero attached hydrogens (tertiary/aromatic N) is 2. The van der Waals surface area contributed by atoms with Gasteiger partial charge in [-0.2, -0.15) is 5.10 Å². The van der Waals surface area contributed by atoms with Crippen molar-refractivity contribution in [2.75, 3.05) is 13.2 Å². The first-order valence-electron chi connectivity index (χ1n) is 12.5. The topological polar surface area (TPSA) is 53.4 Å². The van der Waals surface area contributed by atoms with E-state index in [1.165, 1.54) is 12.1 Å². The van der Waals surface area contributed by atoms with Gasteiger partial charge >= 0.3 is 5.97 Å². The Morgan fingerprint density at radius 1 is 1.14 bits per heavy atom. The first-order valence-corrected chi connectivity index (χ1v) is 12.5. The molecule has 0 saturated carbocycles. The van der Waals surface area contributed by atoms with Crippen LogP contribution in [0, 0.1) is 16.6 Å². The lowest BCUT2D eigenvalue weighted by Crippen LogP contribution is -2.33. The molecule has 1 heterocycles. The van der Waals surface area contributed by atoms with E-state index in [-0.39, 0.29) is 29.9 Å². The largest absolute Gasteiger partial charge is 0.461 e. The molecule has 1 aliphatic rings. The molecule has 2 aromatic carbocycles. The van der Waals surface area contributed by atoms with Crippen LogP contribution in [0.25, 0.3) is 11.8 Å². The maximum absolute atomic E-state index is 13.5. The molecule has 4 rings (SSSR count). The van der Waals surface area contributed by atoms with Gasteiger partial charge in [0, 0.05) is 6.61 Å². The van der Waals surface area contributed by atoms with Crippen LogP contribution in [0.4, 0.5) is 4.39 Å². The van der Waals surface area contributed by atoms with Gasteiger partial charge in [-0.3, -0.25) is 4.79 Å². The molecule has 1 aromatic heterocycles. The zero-order valence-electron chi connectivity index (χ0n) is 21.8. The average Bonchev–Trinajstić information content (AvgIpc) is 3.24. The number of halogens is 1. The fourth-order valence-corrected chi connectivity index (χ4v) is 4.67. The lowest BCUT2D eigenvalue weighted by Gasteiger charge is -2.38. The van der Waals surface area contributed by atoms with Gasteiger partial charge in [0.2, 0.25) is 0 Å². The maximum atomic E-state index is 13.5. The van der Waals surface area contributed by atoms with E-state index in [9.17, 15) is 9.18 Å². The molecule has 0 saturated heterocycles. The van der Waals surface area contributed by atoms with E-state index >= 15 is 0 Å². The second kappa shape index (κ2) is 10.4. The highest BCUT2D eigenvalue weighted by Crippen LogP contribution is 2.46. The third-order valence-corrected chi connectivity index (χ3v) is 6.77. The summed E-state index contributed by atoms with van der Waals surface area (Å²) in [4.78, 5) is 12.7. The minimum absolute atomic E-state index is 0.100. The summed E-state index contributed by atoms with van der Waals surface area (Å²) in [7, 11) is 0. The van der Waals surface area contributed by atoms with Crippen molar-refractivity contribution in [2.45, 2.75) is 53.6 Å². The van der Waals surface area contributed by atoms with Crippen LogP contribution in [0.2, 0.25) is 0 Å². The van der Waals surface area contributed by atoms with Crippen molar-refractivity contribution in [1.29, 1.82) is 0 Å². The van der Waals surface area contributed by atoms with Gasteiger partial charge in [0.25, 0.3) is 0 Å². The van der Waals surface area contributed by atoms with Gasteiger partial charge in [0.1, 0.15) is 12.4 Å². The summed E-state index contributed by atoms with van der Waals surface area (Å²) in [6, 6.07) is 16.5. The second-order valence-corrected chi connectivity index (χ2v) is 10.7. The van der Waals surface area contributed by atoms with Crippen LogP contribution in [0.15, 0.2) is 66.4 Å². The number of hydrogen-bond donors (Lipinski definition) is 0.